The van der Waals surface area contributed by atoms with Crippen molar-refractivity contribution >= 4 is 45.5 Å². The molecule has 0 aromatic rings. The molecule has 0 amide bonds. The maximum Gasteiger partial charge on any atom is 0 e. The van der Waals surface area contributed by atoms with Gasteiger partial charge in [-0.25, -0.2) is 0 Å². The van der Waals surface area contributed by atoms with E-state index < -0.39 is 0 Å². The Morgan fingerprint density at radius 2 is 0.600 bits per heavy atom. The molecule has 0 rings (SSSR count). The second kappa shape index (κ2) is 34.1. The van der Waals surface area contributed by atoms with Gasteiger partial charge in [-0.3, -0.25) is 0 Å². The Labute approximate surface area is 86.4 Å². The summed E-state index contributed by atoms with van der Waals surface area (Å²) in [4.78, 5) is 0. The van der Waals surface area contributed by atoms with Crippen LogP contribution >= 0.6 is 0 Å². The fourth-order valence-electron chi connectivity index (χ4n) is 0. The molecule has 0 saturated carbocycles. The first-order valence-corrected chi connectivity index (χ1v) is 0. The summed E-state index contributed by atoms with van der Waals surface area (Å²) in [6, 6.07) is 0. The van der Waals surface area contributed by atoms with Crippen LogP contribution in [0.15, 0.2) is 0 Å². The maximum atomic E-state index is 0. The molecule has 6 N–H and O–H groups in total. The van der Waals surface area contributed by atoms with E-state index in [4.69, 9.17) is 0 Å². The van der Waals surface area contributed by atoms with Gasteiger partial charge in [-0.05, 0) is 0 Å². The monoisotopic (exact) mass is 232 g/mol. The number of hydrogen-bond acceptors (Lipinski definition) is 0. The quantitative estimate of drug-likeness (QED) is 0.402. The Balaban J connectivity index is 0. The van der Waals surface area contributed by atoms with Gasteiger partial charge in [-0.2, -0.15) is 0 Å². The smallest absolute Gasteiger partial charge is 0 e. The molecule has 0 heterocycles. The molecule has 0 saturated heterocycles. The van der Waals surface area contributed by atoms with Gasteiger partial charge in [0.2, 0.25) is 0 Å². The van der Waals surface area contributed by atoms with Crippen LogP contribution in [0.1, 0.15) is 0 Å². The molecule has 0 aromatic carbocycles. The van der Waals surface area contributed by atoms with Crippen molar-refractivity contribution in [1.82, 2.24) is 0 Å². The largest absolute Gasteiger partial charge is 0.412 e. The van der Waals surface area contributed by atoms with Crippen molar-refractivity contribution in [3.63, 3.8) is 0 Å². The van der Waals surface area contributed by atoms with Crippen LogP contribution in [0.2, 0.25) is 0 Å². The maximum absolute atomic E-state index is 0. The van der Waals surface area contributed by atoms with Crippen molar-refractivity contribution in [2.24, 2.45) is 0 Å². The van der Waals surface area contributed by atoms with Gasteiger partial charge in [0, 0.05) is 71.7 Å². The van der Waals surface area contributed by atoms with Gasteiger partial charge in [0.05, 0.1) is 0 Å². The Morgan fingerprint density at radius 3 is 0.600 bits per heavy atom. The van der Waals surface area contributed by atoms with Gasteiger partial charge in [0.15, 0.2) is 0 Å². The predicted molar refractivity (Wildman–Crippen MR) is 16.6 cm³/mol. The van der Waals surface area contributed by atoms with Gasteiger partial charge in [0.1, 0.15) is 0 Å². The van der Waals surface area contributed by atoms with E-state index in [1.165, 1.54) is 0 Å². The van der Waals surface area contributed by atoms with Crippen molar-refractivity contribution in [2.75, 3.05) is 0 Å². The van der Waals surface area contributed by atoms with Gasteiger partial charge >= 0.3 is 0 Å². The van der Waals surface area contributed by atoms with Crippen molar-refractivity contribution in [2.45, 2.75) is 0 Å². The molecule has 3 nitrogen and oxygen atoms in total. The molecule has 0 aromatic heterocycles. The topological polar surface area (TPSA) is 94.5 Å². The number of rotatable bonds is 0. The van der Waals surface area contributed by atoms with Crippen molar-refractivity contribution < 1.29 is 42.6 Å². The summed E-state index contributed by atoms with van der Waals surface area (Å²) in [6.45, 7) is 0. The Kier molecular flexibility index (Phi) is 383. The van der Waals surface area contributed by atoms with Gasteiger partial charge in [-0.15, -0.1) is 0 Å². The first kappa shape index (κ1) is 56.1. The molecule has 5 heavy (non-hydrogen) atoms. The minimum Gasteiger partial charge on any atom is -0.412 e. The zero-order valence-corrected chi connectivity index (χ0v) is 8.64. The molecule has 0 bridgehead atoms. The SMILES string of the molecule is O.O.O.[Sr].[Zr]. The molecule has 0 aliphatic carbocycles. The molecule has 5 heteroatoms. The van der Waals surface area contributed by atoms with E-state index in [1.807, 2.05) is 0 Å². The zero-order chi connectivity index (χ0) is 0. The molecule has 0 fully saturated rings. The predicted octanol–water partition coefficient (Wildman–Crippen LogP) is -2.86. The molecule has 0 aliphatic rings. The van der Waals surface area contributed by atoms with Crippen LogP contribution in [0.25, 0.3) is 0 Å². The zero-order valence-electron chi connectivity index (χ0n) is 2.71. The van der Waals surface area contributed by atoms with Crippen LogP contribution in [0.4, 0.5) is 0 Å². The first-order chi connectivity index (χ1) is 0. The van der Waals surface area contributed by atoms with Crippen LogP contribution < -0.4 is 0 Å². The van der Waals surface area contributed by atoms with E-state index in [2.05, 4.69) is 0 Å². The first-order valence-electron chi connectivity index (χ1n) is 0. The minimum atomic E-state index is 0. The molecule has 30 valence electrons. The third-order valence-electron chi connectivity index (χ3n) is 0. The third-order valence-corrected chi connectivity index (χ3v) is 0. The molecule has 0 unspecified atom stereocenters. The summed E-state index contributed by atoms with van der Waals surface area (Å²) in [5, 5.41) is 0. The summed E-state index contributed by atoms with van der Waals surface area (Å²) in [6.07, 6.45) is 0. The van der Waals surface area contributed by atoms with E-state index in [1.54, 1.807) is 0 Å². The third kappa shape index (κ3) is 22.3. The van der Waals surface area contributed by atoms with E-state index in [-0.39, 0.29) is 88.1 Å². The van der Waals surface area contributed by atoms with E-state index in [0.29, 0.717) is 0 Å². The minimum absolute atomic E-state index is 0. The van der Waals surface area contributed by atoms with E-state index in [9.17, 15) is 0 Å². The van der Waals surface area contributed by atoms with Gasteiger partial charge in [-0.1, -0.05) is 0 Å². The Hall–Kier alpha value is 2.24. The van der Waals surface area contributed by atoms with Crippen molar-refractivity contribution in [1.29, 1.82) is 0 Å². The molecule has 0 aliphatic heterocycles. The van der Waals surface area contributed by atoms with Crippen LogP contribution in [0.3, 0.4) is 0 Å². The average molecular weight is 233 g/mol. The molecular formula is H6O3SrZr. The Bertz CT molecular complexity index is 6.85. The van der Waals surface area contributed by atoms with E-state index >= 15 is 0 Å². The number of hydrogen-bond donors (Lipinski definition) is 0. The summed E-state index contributed by atoms with van der Waals surface area (Å²) < 4.78 is 0. The molecule has 0 atom stereocenters. The fraction of sp³-hybridized carbons (Fsp3) is 0. The molecule has 2 radical (unpaired) electrons. The molecular weight excluding hydrogens is 227 g/mol. The average Bonchev–Trinajstić information content (AvgIpc) is 0. The van der Waals surface area contributed by atoms with Gasteiger partial charge < -0.3 is 16.4 Å². The van der Waals surface area contributed by atoms with Gasteiger partial charge in [0.25, 0.3) is 0 Å². The molecule has 0 spiro atoms. The van der Waals surface area contributed by atoms with Crippen molar-refractivity contribution in [3.8, 4) is 0 Å². The summed E-state index contributed by atoms with van der Waals surface area (Å²) in [7, 11) is 0. The standard InChI is InChI=1S/3H2O.Sr.Zr/h3*1H2;;. The van der Waals surface area contributed by atoms with Crippen LogP contribution in [0, 0.1) is 0 Å². The van der Waals surface area contributed by atoms with Crippen LogP contribution in [-0.4, -0.2) is 61.9 Å². The van der Waals surface area contributed by atoms with Crippen LogP contribution in [0.5, 0.6) is 0 Å². The Morgan fingerprint density at radius 1 is 0.600 bits per heavy atom. The summed E-state index contributed by atoms with van der Waals surface area (Å²) in [5.74, 6) is 0. The summed E-state index contributed by atoms with van der Waals surface area (Å²) >= 11 is 0. The van der Waals surface area contributed by atoms with E-state index in [0.717, 1.165) is 0 Å². The summed E-state index contributed by atoms with van der Waals surface area (Å²) in [5.41, 5.74) is 0. The van der Waals surface area contributed by atoms with Crippen LogP contribution in [-0.2, 0) is 26.2 Å². The second-order valence-corrected chi connectivity index (χ2v) is 0. The fourth-order valence-corrected chi connectivity index (χ4v) is 0. The second-order valence-electron chi connectivity index (χ2n) is 0. The normalized spacial score (nSPS) is 0. The van der Waals surface area contributed by atoms with Crippen molar-refractivity contribution in [3.05, 3.63) is 0 Å².